The molecule has 186 valence electrons. The Bertz CT molecular complexity index is 1950. The van der Waals surface area contributed by atoms with Gasteiger partial charge in [-0.05, 0) is 23.9 Å². The van der Waals surface area contributed by atoms with E-state index in [-0.39, 0.29) is 21.1 Å². The van der Waals surface area contributed by atoms with Crippen LogP contribution in [0.2, 0.25) is 0 Å². The summed E-state index contributed by atoms with van der Waals surface area (Å²) in [5.74, 6) is 2.05. The van der Waals surface area contributed by atoms with E-state index in [2.05, 4.69) is 89.2 Å². The normalized spacial score (nSPS) is 11.2. The number of aryl methyl sites for hydroxylation is 2. The van der Waals surface area contributed by atoms with Crippen LogP contribution < -0.4 is 4.74 Å². The molecular formula is C32H22N4OPt. The van der Waals surface area contributed by atoms with Crippen molar-refractivity contribution in [2.45, 2.75) is 6.92 Å². The molecule has 38 heavy (non-hydrogen) atoms. The number of imidazole rings is 2. The van der Waals surface area contributed by atoms with Crippen LogP contribution in [0.3, 0.4) is 0 Å². The second-order valence-electron chi connectivity index (χ2n) is 9.16. The van der Waals surface area contributed by atoms with E-state index in [1.807, 2.05) is 42.1 Å². The number of hydrogen-bond acceptors (Lipinski definition) is 3. The van der Waals surface area contributed by atoms with Crippen LogP contribution in [-0.2, 0) is 28.1 Å². The van der Waals surface area contributed by atoms with Crippen molar-refractivity contribution in [3.8, 4) is 34.1 Å². The van der Waals surface area contributed by atoms with Crippen LogP contribution in [0.1, 0.15) is 5.56 Å². The van der Waals surface area contributed by atoms with Crippen LogP contribution in [0.4, 0.5) is 0 Å². The molecule has 0 bridgehead atoms. The summed E-state index contributed by atoms with van der Waals surface area (Å²) in [6.07, 6.45) is 5.81. The number of pyridine rings is 1. The summed E-state index contributed by atoms with van der Waals surface area (Å²) in [7, 11) is 1.96. The Morgan fingerprint density at radius 3 is 2.47 bits per heavy atom. The third-order valence-corrected chi connectivity index (χ3v) is 6.77. The van der Waals surface area contributed by atoms with Crippen LogP contribution in [0.15, 0.2) is 97.5 Å². The summed E-state index contributed by atoms with van der Waals surface area (Å²) >= 11 is 0. The SMILES string of the molecule is Cc1ccccc1-c1cn2c3ccccc3c3ccc(Oc4[c-]c(-c5nccn5C)ccc4)[c-]c3c2n1.[Pt+2]. The minimum atomic E-state index is 0. The van der Waals surface area contributed by atoms with E-state index >= 15 is 0 Å². The van der Waals surface area contributed by atoms with Crippen molar-refractivity contribution in [1.29, 1.82) is 0 Å². The molecule has 0 aliphatic carbocycles. The molecule has 0 saturated carbocycles. The number of benzene rings is 4. The van der Waals surface area contributed by atoms with Gasteiger partial charge in [-0.2, -0.15) is 0 Å². The second kappa shape index (κ2) is 9.59. The van der Waals surface area contributed by atoms with Gasteiger partial charge in [0, 0.05) is 48.2 Å². The molecule has 3 aromatic heterocycles. The smallest absolute Gasteiger partial charge is 0.497 e. The Hall–Kier alpha value is -4.21. The first-order chi connectivity index (χ1) is 18.2. The summed E-state index contributed by atoms with van der Waals surface area (Å²) in [6.45, 7) is 2.11. The average Bonchev–Trinajstić information content (AvgIpc) is 3.56. The minimum Gasteiger partial charge on any atom is -0.497 e. The van der Waals surface area contributed by atoms with Crippen molar-refractivity contribution in [2.75, 3.05) is 0 Å². The van der Waals surface area contributed by atoms with Gasteiger partial charge in [-0.1, -0.05) is 71.4 Å². The maximum atomic E-state index is 6.25. The number of nitrogens with zero attached hydrogens (tertiary/aromatic N) is 4. The van der Waals surface area contributed by atoms with Gasteiger partial charge in [0.1, 0.15) is 0 Å². The maximum absolute atomic E-state index is 6.25. The van der Waals surface area contributed by atoms with Crippen LogP contribution in [0, 0.1) is 19.1 Å². The van der Waals surface area contributed by atoms with Crippen LogP contribution in [0.25, 0.3) is 50.0 Å². The second-order valence-corrected chi connectivity index (χ2v) is 9.16. The minimum absolute atomic E-state index is 0. The molecule has 0 amide bonds. The fourth-order valence-electron chi connectivity index (χ4n) is 4.96. The predicted octanol–water partition coefficient (Wildman–Crippen LogP) is 7.41. The Kier molecular flexibility index (Phi) is 6.09. The molecule has 7 rings (SSSR count). The Morgan fingerprint density at radius 1 is 0.816 bits per heavy atom. The van der Waals surface area contributed by atoms with E-state index in [9.17, 15) is 0 Å². The first-order valence-electron chi connectivity index (χ1n) is 12.2. The fourth-order valence-corrected chi connectivity index (χ4v) is 4.96. The zero-order valence-electron chi connectivity index (χ0n) is 20.8. The van der Waals surface area contributed by atoms with E-state index in [1.54, 1.807) is 6.20 Å². The van der Waals surface area contributed by atoms with Crippen molar-refractivity contribution < 1.29 is 25.8 Å². The van der Waals surface area contributed by atoms with Gasteiger partial charge in [-0.3, -0.25) is 9.97 Å². The monoisotopic (exact) mass is 673 g/mol. The van der Waals surface area contributed by atoms with Crippen LogP contribution >= 0.6 is 0 Å². The van der Waals surface area contributed by atoms with Crippen LogP contribution in [-0.4, -0.2) is 18.9 Å². The number of hydrogen-bond donors (Lipinski definition) is 0. The molecular weight excluding hydrogens is 651 g/mol. The Balaban J connectivity index is 0.00000264. The molecule has 0 aliphatic heterocycles. The molecule has 0 spiro atoms. The number of para-hydroxylation sites is 1. The Labute approximate surface area is 234 Å². The molecule has 5 nitrogen and oxygen atoms in total. The van der Waals surface area contributed by atoms with Crippen molar-refractivity contribution in [3.05, 3.63) is 115 Å². The molecule has 7 aromatic rings. The average molecular weight is 674 g/mol. The fraction of sp³-hybridized carbons (Fsp3) is 0.0625. The molecule has 6 heteroatoms. The molecule has 0 aliphatic rings. The number of aromatic nitrogens is 4. The summed E-state index contributed by atoms with van der Waals surface area (Å²) in [5, 5.41) is 3.14. The van der Waals surface area contributed by atoms with Crippen molar-refractivity contribution in [2.24, 2.45) is 7.05 Å². The summed E-state index contributed by atoms with van der Waals surface area (Å²) in [5.41, 5.74) is 6.08. The molecule has 0 unspecified atom stereocenters. The summed E-state index contributed by atoms with van der Waals surface area (Å²) in [6, 6.07) is 33.5. The van der Waals surface area contributed by atoms with E-state index in [0.717, 1.165) is 50.0 Å². The predicted molar refractivity (Wildman–Crippen MR) is 147 cm³/mol. The van der Waals surface area contributed by atoms with E-state index < -0.39 is 0 Å². The largest absolute Gasteiger partial charge is 2.00 e. The third-order valence-electron chi connectivity index (χ3n) is 6.77. The van der Waals surface area contributed by atoms with Gasteiger partial charge in [-0.25, -0.2) is 0 Å². The zero-order chi connectivity index (χ0) is 24.9. The molecule has 0 fully saturated rings. The van der Waals surface area contributed by atoms with Crippen LogP contribution in [0.5, 0.6) is 11.5 Å². The van der Waals surface area contributed by atoms with E-state index in [4.69, 9.17) is 9.72 Å². The molecule has 4 aromatic carbocycles. The quantitative estimate of drug-likeness (QED) is 0.145. The van der Waals surface area contributed by atoms with E-state index in [1.165, 1.54) is 5.56 Å². The standard InChI is InChI=1S/C32H22N4O.Pt/c1-21-8-3-4-11-25(21)29-20-36-30-13-6-5-12-27(30)26-15-14-24(19-28(26)32(36)34-29)37-23-10-7-9-22(18-23)31-33-16-17-35(31)2;/h3-17,20H,1-2H3;/q-2;+2. The third kappa shape index (κ3) is 4.00. The van der Waals surface area contributed by atoms with E-state index in [0.29, 0.717) is 11.5 Å². The van der Waals surface area contributed by atoms with Crippen molar-refractivity contribution >= 4 is 27.3 Å². The van der Waals surface area contributed by atoms with Gasteiger partial charge in [0.05, 0.1) is 17.2 Å². The molecule has 0 N–H and O–H groups in total. The summed E-state index contributed by atoms with van der Waals surface area (Å²) in [4.78, 5) is 9.51. The molecule has 0 saturated heterocycles. The molecule has 0 radical (unpaired) electrons. The first kappa shape index (κ1) is 24.1. The number of rotatable bonds is 4. The van der Waals surface area contributed by atoms with Gasteiger partial charge in [0.2, 0.25) is 0 Å². The number of fused-ring (bicyclic) bond motifs is 6. The zero-order valence-corrected chi connectivity index (χ0v) is 23.0. The maximum Gasteiger partial charge on any atom is 2.00 e. The first-order valence-corrected chi connectivity index (χ1v) is 12.2. The van der Waals surface area contributed by atoms with Crippen molar-refractivity contribution in [1.82, 2.24) is 18.9 Å². The van der Waals surface area contributed by atoms with Gasteiger partial charge in [-0.15, -0.1) is 29.8 Å². The van der Waals surface area contributed by atoms with Gasteiger partial charge < -0.3 is 13.7 Å². The van der Waals surface area contributed by atoms with Crippen molar-refractivity contribution in [3.63, 3.8) is 0 Å². The van der Waals surface area contributed by atoms with Gasteiger partial charge in [0.15, 0.2) is 0 Å². The Morgan fingerprint density at radius 2 is 1.63 bits per heavy atom. The molecule has 0 atom stereocenters. The number of ether oxygens (including phenoxy) is 1. The van der Waals surface area contributed by atoms with Gasteiger partial charge in [0.25, 0.3) is 0 Å². The molecule has 3 heterocycles. The van der Waals surface area contributed by atoms with Gasteiger partial charge >= 0.3 is 21.1 Å². The topological polar surface area (TPSA) is 44.4 Å². The summed E-state index contributed by atoms with van der Waals surface area (Å²) < 4.78 is 10.4.